The molecule has 2 saturated heterocycles. The van der Waals surface area contributed by atoms with Gasteiger partial charge in [-0.2, -0.15) is 0 Å². The van der Waals surface area contributed by atoms with Gasteiger partial charge in [0.25, 0.3) is 11.5 Å². The van der Waals surface area contributed by atoms with Crippen molar-refractivity contribution in [2.75, 3.05) is 54.0 Å². The number of H-pyrrole nitrogens is 2. The van der Waals surface area contributed by atoms with E-state index < -0.39 is 10.0 Å². The molecule has 0 aliphatic carbocycles. The Bertz CT molecular complexity index is 2100. The highest BCUT2D eigenvalue weighted by atomic mass is 32.2. The van der Waals surface area contributed by atoms with E-state index in [0.29, 0.717) is 54.8 Å². The lowest BCUT2D eigenvalue weighted by molar-refractivity contribution is -0.0207. The minimum Gasteiger partial charge on any atom is -0.394 e. The SMILES string of the molecule is CC(C)Nc1cccnc1N1CCN(C(=O)c2cc3cc(NS(C)(=O)=O)ccc3[nH]2)CC1.O=c1[nH]cnc2c1ncn2[C@H]1CC[C@@H](CO)O1. The average molecular weight is 693 g/mol. The Morgan fingerprint density at radius 2 is 1.90 bits per heavy atom. The van der Waals surface area contributed by atoms with Crippen LogP contribution in [0.25, 0.3) is 22.1 Å². The number of nitrogens with zero attached hydrogens (tertiary/aromatic N) is 6. The monoisotopic (exact) mass is 692 g/mol. The number of rotatable bonds is 8. The summed E-state index contributed by atoms with van der Waals surface area (Å²) in [6, 6.07) is 11.2. The van der Waals surface area contributed by atoms with Crippen LogP contribution in [-0.4, -0.2) is 105 Å². The largest absolute Gasteiger partial charge is 0.394 e. The van der Waals surface area contributed by atoms with Crippen molar-refractivity contribution in [2.24, 2.45) is 0 Å². The van der Waals surface area contributed by atoms with Crippen LogP contribution >= 0.6 is 0 Å². The standard InChI is InChI=1S/C22H28N6O3S.C10H12N4O3/c1-15(2)24-19-5-4-8-23-21(19)27-9-11-28(12-10-27)22(29)20-14-16-13-17(26-32(3,30)31)6-7-18(16)25-20;15-3-6-1-2-7(17-6)14-5-13-8-9(14)11-4-12-10(8)16/h4-8,13-15,24-26H,9-12H2,1-3H3;4-7,15H,1-3H2,(H,11,12,16)/t;6-,7+/m.0/s1. The smallest absolute Gasteiger partial charge is 0.278 e. The zero-order valence-electron chi connectivity index (χ0n) is 27.5. The first-order chi connectivity index (χ1) is 23.5. The van der Waals surface area contributed by atoms with E-state index in [0.717, 1.165) is 41.5 Å². The third-order valence-electron chi connectivity index (χ3n) is 8.22. The van der Waals surface area contributed by atoms with Crippen LogP contribution in [0.5, 0.6) is 0 Å². The lowest BCUT2D eigenvalue weighted by Gasteiger charge is -2.36. The van der Waals surface area contributed by atoms with Crippen LogP contribution in [0, 0.1) is 0 Å². The van der Waals surface area contributed by atoms with Crippen LogP contribution in [0.3, 0.4) is 0 Å². The number of hydrogen-bond acceptors (Lipinski definition) is 11. The van der Waals surface area contributed by atoms with Crippen LogP contribution < -0.4 is 20.5 Å². The van der Waals surface area contributed by atoms with Crippen molar-refractivity contribution in [1.29, 1.82) is 0 Å². The molecule has 0 spiro atoms. The number of nitrogens with one attached hydrogen (secondary N) is 4. The van der Waals surface area contributed by atoms with Gasteiger partial charge in [-0.3, -0.25) is 18.9 Å². The van der Waals surface area contributed by atoms with Gasteiger partial charge in [0.05, 0.1) is 37.3 Å². The Balaban J connectivity index is 0.000000205. The van der Waals surface area contributed by atoms with Gasteiger partial charge in [0.2, 0.25) is 10.0 Å². The molecule has 49 heavy (non-hydrogen) atoms. The number of imidazole rings is 1. The maximum absolute atomic E-state index is 13.1. The number of aliphatic hydroxyl groups excluding tert-OH is 1. The minimum atomic E-state index is -3.36. The number of amides is 1. The van der Waals surface area contributed by atoms with Crippen LogP contribution in [-0.2, 0) is 14.8 Å². The number of aromatic amines is 2. The molecule has 1 amide bonds. The van der Waals surface area contributed by atoms with Crippen molar-refractivity contribution in [3.63, 3.8) is 0 Å². The van der Waals surface area contributed by atoms with E-state index in [9.17, 15) is 18.0 Å². The normalized spacial score (nSPS) is 18.1. The lowest BCUT2D eigenvalue weighted by atomic mass is 10.2. The number of piperazine rings is 1. The third-order valence-corrected chi connectivity index (χ3v) is 8.82. The topological polar surface area (TPSA) is 203 Å². The van der Waals surface area contributed by atoms with Crippen molar-refractivity contribution in [3.8, 4) is 0 Å². The molecule has 5 N–H and O–H groups in total. The minimum absolute atomic E-state index is 0.0111. The van der Waals surface area contributed by atoms with Crippen LogP contribution in [0.1, 0.15) is 43.4 Å². The molecule has 1 aromatic carbocycles. The van der Waals surface area contributed by atoms with Gasteiger partial charge >= 0.3 is 0 Å². The zero-order valence-corrected chi connectivity index (χ0v) is 28.3. The number of ether oxygens (including phenoxy) is 1. The van der Waals surface area contributed by atoms with E-state index >= 15 is 0 Å². The van der Waals surface area contributed by atoms with Gasteiger partial charge in [-0.25, -0.2) is 23.4 Å². The summed E-state index contributed by atoms with van der Waals surface area (Å²) < 4.78 is 32.8. The fourth-order valence-corrected chi connectivity index (χ4v) is 6.54. The third kappa shape index (κ3) is 7.84. The van der Waals surface area contributed by atoms with Crippen molar-refractivity contribution in [1.82, 2.24) is 34.4 Å². The second-order valence-electron chi connectivity index (χ2n) is 12.3. The van der Waals surface area contributed by atoms with Crippen molar-refractivity contribution < 1.29 is 23.1 Å². The summed E-state index contributed by atoms with van der Waals surface area (Å²) in [6.45, 7) is 6.76. The second kappa shape index (κ2) is 14.2. The summed E-state index contributed by atoms with van der Waals surface area (Å²) in [7, 11) is -3.36. The highest BCUT2D eigenvalue weighted by Crippen LogP contribution is 2.29. The summed E-state index contributed by atoms with van der Waals surface area (Å²) in [5.41, 5.74) is 3.30. The molecule has 4 aromatic heterocycles. The Morgan fingerprint density at radius 3 is 2.61 bits per heavy atom. The molecule has 2 aliphatic heterocycles. The summed E-state index contributed by atoms with van der Waals surface area (Å²) >= 11 is 0. The molecular weight excluding hydrogens is 652 g/mol. The van der Waals surface area contributed by atoms with Gasteiger partial charge in [0.15, 0.2) is 17.0 Å². The number of carbonyl (C=O) groups excluding carboxylic acids is 1. The highest BCUT2D eigenvalue weighted by molar-refractivity contribution is 7.92. The highest BCUT2D eigenvalue weighted by Gasteiger charge is 2.28. The first kappa shape index (κ1) is 33.9. The van der Waals surface area contributed by atoms with E-state index in [2.05, 4.69) is 53.7 Å². The Kier molecular flexibility index (Phi) is 9.84. The molecule has 0 bridgehead atoms. The Hall–Kier alpha value is -5.00. The van der Waals surface area contributed by atoms with Crippen molar-refractivity contribution in [3.05, 3.63) is 71.3 Å². The number of pyridine rings is 1. The summed E-state index contributed by atoms with van der Waals surface area (Å²) in [5, 5.41) is 13.2. The van der Waals surface area contributed by atoms with Gasteiger partial charge in [-0.1, -0.05) is 0 Å². The molecule has 16 nitrogen and oxygen atoms in total. The number of sulfonamides is 1. The zero-order chi connectivity index (χ0) is 34.7. The van der Waals surface area contributed by atoms with E-state index in [1.807, 2.05) is 17.0 Å². The number of aromatic nitrogens is 6. The number of hydrogen-bond donors (Lipinski definition) is 5. The lowest BCUT2D eigenvalue weighted by Crippen LogP contribution is -2.49. The molecule has 2 aliphatic rings. The Morgan fingerprint density at radius 1 is 1.10 bits per heavy atom. The van der Waals surface area contributed by atoms with E-state index in [1.165, 1.54) is 6.33 Å². The number of aliphatic hydroxyl groups is 1. The number of anilines is 3. The van der Waals surface area contributed by atoms with Crippen LogP contribution in [0.2, 0.25) is 0 Å². The average Bonchev–Trinajstić information content (AvgIpc) is 3.83. The summed E-state index contributed by atoms with van der Waals surface area (Å²) in [6.07, 6.45) is 7.03. The molecule has 2 atom stereocenters. The van der Waals surface area contributed by atoms with Crippen molar-refractivity contribution >= 4 is 55.2 Å². The predicted octanol–water partition coefficient (Wildman–Crippen LogP) is 2.51. The van der Waals surface area contributed by atoms with Gasteiger partial charge in [0.1, 0.15) is 11.9 Å². The fourth-order valence-electron chi connectivity index (χ4n) is 5.99. The maximum atomic E-state index is 13.1. The molecule has 0 radical (unpaired) electrons. The number of benzene rings is 1. The molecule has 0 unspecified atom stereocenters. The predicted molar refractivity (Wildman–Crippen MR) is 186 cm³/mol. The van der Waals surface area contributed by atoms with E-state index in [-0.39, 0.29) is 30.4 Å². The van der Waals surface area contributed by atoms with Gasteiger partial charge in [-0.05, 0) is 63.1 Å². The van der Waals surface area contributed by atoms with Gasteiger partial charge in [-0.15, -0.1) is 0 Å². The molecule has 0 saturated carbocycles. The van der Waals surface area contributed by atoms with E-state index in [1.54, 1.807) is 41.4 Å². The molecule has 5 aromatic rings. The van der Waals surface area contributed by atoms with Crippen molar-refractivity contribution in [2.45, 2.75) is 45.1 Å². The molecule has 2 fully saturated rings. The van der Waals surface area contributed by atoms with Crippen LogP contribution in [0.15, 0.2) is 60.0 Å². The molecule has 17 heteroatoms. The quantitative estimate of drug-likeness (QED) is 0.160. The first-order valence-electron chi connectivity index (χ1n) is 16.0. The molecule has 6 heterocycles. The summed E-state index contributed by atoms with van der Waals surface area (Å²) in [5.74, 6) is 0.838. The number of carbonyl (C=O) groups is 1. The second-order valence-corrected chi connectivity index (χ2v) is 14.1. The van der Waals surface area contributed by atoms with Crippen LogP contribution in [0.4, 0.5) is 17.2 Å². The Labute approximate surface area is 282 Å². The summed E-state index contributed by atoms with van der Waals surface area (Å²) in [4.78, 5) is 46.9. The van der Waals surface area contributed by atoms with Gasteiger partial charge in [0, 0.05) is 55.0 Å². The first-order valence-corrected chi connectivity index (χ1v) is 17.9. The fraction of sp³-hybridized carbons (Fsp3) is 0.406. The molecule has 260 valence electrons. The maximum Gasteiger partial charge on any atom is 0.278 e. The number of fused-ring (bicyclic) bond motifs is 2. The van der Waals surface area contributed by atoms with E-state index in [4.69, 9.17) is 9.84 Å². The molecule has 7 rings (SSSR count). The van der Waals surface area contributed by atoms with Gasteiger partial charge < -0.3 is 34.9 Å². The molecular formula is C32H40N10O6S.